The number of carbonyl (C=O) groups is 1. The molecule has 0 spiro atoms. The number of nitrogens with two attached hydrogens (primary N) is 2. The average Bonchev–Trinajstić information content (AvgIpc) is 2.92. The Labute approximate surface area is 216 Å². The highest BCUT2D eigenvalue weighted by Gasteiger charge is 2.25. The van der Waals surface area contributed by atoms with Gasteiger partial charge < -0.3 is 21.3 Å². The Morgan fingerprint density at radius 2 is 1.81 bits per heavy atom. The van der Waals surface area contributed by atoms with Gasteiger partial charge in [-0.15, -0.1) is 0 Å². The Bertz CT molecular complexity index is 1490. The van der Waals surface area contributed by atoms with E-state index in [9.17, 15) is 4.79 Å². The summed E-state index contributed by atoms with van der Waals surface area (Å²) in [5.74, 6) is 0.995. The number of rotatable bonds is 3. The largest absolute Gasteiger partial charge is 0.397 e. The number of hydrogen-bond acceptors (Lipinski definition) is 7. The van der Waals surface area contributed by atoms with Crippen LogP contribution in [0.5, 0.6) is 0 Å². The maximum Gasteiger partial charge on any atom is 0.253 e. The lowest BCUT2D eigenvalue weighted by molar-refractivity contribution is 0.0714. The van der Waals surface area contributed by atoms with Gasteiger partial charge >= 0.3 is 0 Å². The predicted molar refractivity (Wildman–Crippen MR) is 146 cm³/mol. The second-order valence-corrected chi connectivity index (χ2v) is 10.2. The van der Waals surface area contributed by atoms with Gasteiger partial charge in [0.05, 0.1) is 11.2 Å². The van der Waals surface area contributed by atoms with Crippen LogP contribution in [-0.4, -0.2) is 51.4 Å². The summed E-state index contributed by atoms with van der Waals surface area (Å²) in [6.07, 6.45) is 7.73. The van der Waals surface area contributed by atoms with E-state index >= 15 is 0 Å². The van der Waals surface area contributed by atoms with Crippen LogP contribution in [-0.2, 0) is 13.0 Å². The molecule has 37 heavy (non-hydrogen) atoms. The summed E-state index contributed by atoms with van der Waals surface area (Å²) in [7, 11) is 0. The van der Waals surface area contributed by atoms with Gasteiger partial charge in [0.15, 0.2) is 0 Å². The summed E-state index contributed by atoms with van der Waals surface area (Å²) in [4.78, 5) is 31.0. The molecule has 0 saturated carbocycles. The Balaban J connectivity index is 1.33. The fraction of sp³-hybridized carbons (Fsp3) is 0.310. The second kappa shape index (κ2) is 9.44. The van der Waals surface area contributed by atoms with E-state index in [0.29, 0.717) is 12.2 Å². The zero-order valence-corrected chi connectivity index (χ0v) is 21.0. The second-order valence-electron chi connectivity index (χ2n) is 10.2. The van der Waals surface area contributed by atoms with E-state index < -0.39 is 0 Å². The number of anilines is 2. The molecule has 2 aliphatic heterocycles. The number of aryl methyl sites for hydroxylation is 1. The van der Waals surface area contributed by atoms with Crippen LogP contribution in [0, 0.1) is 6.92 Å². The topological polar surface area (TPSA) is 114 Å². The van der Waals surface area contributed by atoms with Crippen molar-refractivity contribution in [2.45, 2.75) is 38.8 Å². The molecule has 1 amide bonds. The van der Waals surface area contributed by atoms with Crippen molar-refractivity contribution < 1.29 is 4.79 Å². The lowest BCUT2D eigenvalue weighted by atomic mass is 9.95. The van der Waals surface area contributed by atoms with Crippen LogP contribution in [0.4, 0.5) is 11.5 Å². The summed E-state index contributed by atoms with van der Waals surface area (Å²) in [6, 6.07) is 12.5. The molecule has 4 N–H and O–H groups in total. The third kappa shape index (κ3) is 4.49. The van der Waals surface area contributed by atoms with Crippen molar-refractivity contribution in [3.05, 3.63) is 77.4 Å². The van der Waals surface area contributed by atoms with Crippen molar-refractivity contribution in [1.82, 2.24) is 19.9 Å². The zero-order valence-electron chi connectivity index (χ0n) is 21.0. The summed E-state index contributed by atoms with van der Waals surface area (Å²) >= 11 is 0. The van der Waals surface area contributed by atoms with Crippen molar-refractivity contribution >= 4 is 28.3 Å². The number of amides is 1. The van der Waals surface area contributed by atoms with Crippen molar-refractivity contribution in [2.24, 2.45) is 5.73 Å². The van der Waals surface area contributed by atoms with Crippen LogP contribution >= 0.6 is 0 Å². The van der Waals surface area contributed by atoms with Crippen LogP contribution in [0.15, 0.2) is 55.1 Å². The highest BCUT2D eigenvalue weighted by molar-refractivity contribution is 5.96. The smallest absolute Gasteiger partial charge is 0.253 e. The summed E-state index contributed by atoms with van der Waals surface area (Å²) < 4.78 is 0. The molecule has 188 valence electrons. The van der Waals surface area contributed by atoms with Crippen LogP contribution < -0.4 is 16.4 Å². The Morgan fingerprint density at radius 1 is 0.973 bits per heavy atom. The quantitative estimate of drug-likeness (QED) is 0.447. The van der Waals surface area contributed by atoms with E-state index in [2.05, 4.69) is 46.1 Å². The maximum absolute atomic E-state index is 13.2. The van der Waals surface area contributed by atoms with Crippen LogP contribution in [0.3, 0.4) is 0 Å². The molecule has 2 aromatic carbocycles. The first-order valence-corrected chi connectivity index (χ1v) is 12.8. The minimum atomic E-state index is 0.0929. The van der Waals surface area contributed by atoms with Gasteiger partial charge in [-0.25, -0.2) is 9.97 Å². The van der Waals surface area contributed by atoms with Gasteiger partial charge in [0.1, 0.15) is 12.1 Å². The summed E-state index contributed by atoms with van der Waals surface area (Å²) in [5, 5.41) is 1.00. The van der Waals surface area contributed by atoms with E-state index in [1.807, 2.05) is 23.2 Å². The van der Waals surface area contributed by atoms with Gasteiger partial charge in [-0.05, 0) is 78.8 Å². The van der Waals surface area contributed by atoms with Gasteiger partial charge in [0.25, 0.3) is 5.91 Å². The molecule has 6 rings (SSSR count). The SMILES string of the molecule is Cc1cc(-c2cncc(N)c2)cc2c(N3CCc4ccc(C(=O)N5CCC(N)CC5)cc4C3)ncnc12. The van der Waals surface area contributed by atoms with Crippen LogP contribution in [0.1, 0.15) is 39.9 Å². The zero-order chi connectivity index (χ0) is 25.5. The molecule has 1 fully saturated rings. The minimum Gasteiger partial charge on any atom is -0.397 e. The molecule has 4 aromatic rings. The Morgan fingerprint density at radius 3 is 2.62 bits per heavy atom. The molecule has 1 saturated heterocycles. The lowest BCUT2D eigenvalue weighted by Crippen LogP contribution is -2.43. The summed E-state index contributed by atoms with van der Waals surface area (Å²) in [6.45, 7) is 5.05. The van der Waals surface area contributed by atoms with E-state index in [0.717, 1.165) is 77.9 Å². The van der Waals surface area contributed by atoms with Gasteiger partial charge in [-0.2, -0.15) is 0 Å². The van der Waals surface area contributed by atoms with Crippen LogP contribution in [0.25, 0.3) is 22.0 Å². The molecule has 2 aromatic heterocycles. The number of carbonyl (C=O) groups excluding carboxylic acids is 1. The molecule has 8 nitrogen and oxygen atoms in total. The standard InChI is InChI=1S/C29H31N7O/c1-18-10-21(22-12-25(31)15-32-14-22)13-26-27(18)33-17-34-28(26)36-7-4-19-2-3-20(11-23(19)16-36)29(37)35-8-5-24(30)6-9-35/h2-3,10-15,17,24H,4-9,16,30-31H2,1H3. The highest BCUT2D eigenvalue weighted by Crippen LogP contribution is 2.34. The lowest BCUT2D eigenvalue weighted by Gasteiger charge is -2.32. The molecule has 0 unspecified atom stereocenters. The number of fused-ring (bicyclic) bond motifs is 2. The minimum absolute atomic E-state index is 0.0929. The molecule has 4 heterocycles. The maximum atomic E-state index is 13.2. The van der Waals surface area contributed by atoms with Gasteiger partial charge in [-0.3, -0.25) is 9.78 Å². The number of pyridine rings is 1. The molecule has 8 heteroatoms. The molecule has 0 bridgehead atoms. The molecule has 0 aliphatic carbocycles. The number of likely N-dealkylation sites (tertiary alicyclic amines) is 1. The van der Waals surface area contributed by atoms with Crippen molar-refractivity contribution in [3.63, 3.8) is 0 Å². The van der Waals surface area contributed by atoms with Crippen LogP contribution in [0.2, 0.25) is 0 Å². The van der Waals surface area contributed by atoms with Crippen molar-refractivity contribution in [2.75, 3.05) is 30.3 Å². The first kappa shape index (κ1) is 23.4. The summed E-state index contributed by atoms with van der Waals surface area (Å²) in [5.41, 5.74) is 19.9. The van der Waals surface area contributed by atoms with Crippen molar-refractivity contribution in [1.29, 1.82) is 0 Å². The van der Waals surface area contributed by atoms with Gasteiger partial charge in [0, 0.05) is 61.1 Å². The number of nitrogen functional groups attached to an aromatic ring is 1. The van der Waals surface area contributed by atoms with Crippen molar-refractivity contribution in [3.8, 4) is 11.1 Å². The first-order valence-electron chi connectivity index (χ1n) is 12.8. The Kier molecular flexibility index (Phi) is 5.96. The third-order valence-corrected chi connectivity index (χ3v) is 7.59. The molecule has 0 atom stereocenters. The normalized spacial score (nSPS) is 16.2. The number of nitrogens with zero attached hydrogens (tertiary/aromatic N) is 5. The fourth-order valence-corrected chi connectivity index (χ4v) is 5.52. The molecule has 0 radical (unpaired) electrons. The fourth-order valence-electron chi connectivity index (χ4n) is 5.52. The number of hydrogen-bond donors (Lipinski definition) is 2. The number of aromatic nitrogens is 3. The number of benzene rings is 2. The van der Waals surface area contributed by atoms with E-state index in [-0.39, 0.29) is 11.9 Å². The van der Waals surface area contributed by atoms with E-state index in [1.165, 1.54) is 11.1 Å². The first-order chi connectivity index (χ1) is 18.0. The molecule has 2 aliphatic rings. The Hall–Kier alpha value is -4.04. The predicted octanol–water partition coefficient (Wildman–Crippen LogP) is 3.71. The highest BCUT2D eigenvalue weighted by atomic mass is 16.2. The number of piperidine rings is 1. The molecular formula is C29H31N7O. The van der Waals surface area contributed by atoms with E-state index in [4.69, 9.17) is 16.5 Å². The monoisotopic (exact) mass is 493 g/mol. The third-order valence-electron chi connectivity index (χ3n) is 7.59. The molecular weight excluding hydrogens is 462 g/mol. The van der Waals surface area contributed by atoms with Gasteiger partial charge in [0.2, 0.25) is 0 Å². The van der Waals surface area contributed by atoms with Gasteiger partial charge in [-0.1, -0.05) is 6.07 Å². The average molecular weight is 494 g/mol. The van der Waals surface area contributed by atoms with E-state index in [1.54, 1.807) is 12.5 Å².